The molecule has 0 radical (unpaired) electrons. The highest BCUT2D eigenvalue weighted by atomic mass is 19.4. The molecule has 1 amide bonds. The van der Waals surface area contributed by atoms with E-state index in [0.29, 0.717) is 17.2 Å². The molecule has 0 aliphatic heterocycles. The van der Waals surface area contributed by atoms with Gasteiger partial charge in [0.2, 0.25) is 0 Å². The zero-order valence-corrected chi connectivity index (χ0v) is 15.7. The van der Waals surface area contributed by atoms with Crippen LogP contribution in [0, 0.1) is 10.1 Å². The molecule has 0 saturated carbocycles. The van der Waals surface area contributed by atoms with Gasteiger partial charge in [-0.1, -0.05) is 12.1 Å². The van der Waals surface area contributed by atoms with E-state index in [-0.39, 0.29) is 22.8 Å². The number of oxazole rings is 1. The first kappa shape index (κ1) is 20.1. The quantitative estimate of drug-likeness (QED) is 0.378. The molecule has 0 aliphatic rings. The van der Waals surface area contributed by atoms with Gasteiger partial charge in [-0.2, -0.15) is 23.3 Å². The molecule has 0 bridgehead atoms. The second kappa shape index (κ2) is 7.23. The number of nitrogens with zero attached hydrogens (tertiary/aromatic N) is 4. The summed E-state index contributed by atoms with van der Waals surface area (Å²) in [5, 5.41) is 17.3. The third-order valence-electron chi connectivity index (χ3n) is 4.42. The van der Waals surface area contributed by atoms with Crippen molar-refractivity contribution in [2.45, 2.75) is 6.18 Å². The van der Waals surface area contributed by atoms with Crippen LogP contribution in [0.4, 0.5) is 24.9 Å². The number of rotatable bonds is 4. The highest BCUT2D eigenvalue weighted by Crippen LogP contribution is 2.35. The Morgan fingerprint density at radius 1 is 1.19 bits per heavy atom. The summed E-state index contributed by atoms with van der Waals surface area (Å²) < 4.78 is 45.1. The third kappa shape index (κ3) is 3.82. The summed E-state index contributed by atoms with van der Waals surface area (Å²) in [6.45, 7) is 0. The minimum Gasteiger partial charge on any atom is -0.423 e. The molecular weight excluding hydrogens is 419 g/mol. The van der Waals surface area contributed by atoms with Gasteiger partial charge in [-0.3, -0.25) is 24.9 Å². The Kier molecular flexibility index (Phi) is 4.68. The van der Waals surface area contributed by atoms with Crippen molar-refractivity contribution in [3.63, 3.8) is 0 Å². The fourth-order valence-corrected chi connectivity index (χ4v) is 2.99. The Bertz CT molecular complexity index is 1290. The van der Waals surface area contributed by atoms with Gasteiger partial charge in [0.15, 0.2) is 11.3 Å². The number of carbonyl (C=O) groups excluding carboxylic acids is 1. The number of nitro benzene ring substituents is 1. The molecule has 0 aliphatic carbocycles. The van der Waals surface area contributed by atoms with Gasteiger partial charge >= 0.3 is 12.2 Å². The summed E-state index contributed by atoms with van der Waals surface area (Å²) >= 11 is 0. The first-order valence-corrected chi connectivity index (χ1v) is 8.70. The van der Waals surface area contributed by atoms with E-state index in [4.69, 9.17) is 4.42 Å². The number of alkyl halides is 3. The van der Waals surface area contributed by atoms with Crippen molar-refractivity contribution in [2.24, 2.45) is 7.05 Å². The summed E-state index contributed by atoms with van der Waals surface area (Å²) in [6.07, 6.45) is -4.70. The Morgan fingerprint density at radius 3 is 2.58 bits per heavy atom. The lowest BCUT2D eigenvalue weighted by Gasteiger charge is -2.06. The molecule has 12 heteroatoms. The van der Waals surface area contributed by atoms with E-state index >= 15 is 0 Å². The van der Waals surface area contributed by atoms with Gasteiger partial charge in [0.1, 0.15) is 5.52 Å². The van der Waals surface area contributed by atoms with Crippen molar-refractivity contribution in [2.75, 3.05) is 5.32 Å². The van der Waals surface area contributed by atoms with Gasteiger partial charge in [0.05, 0.1) is 16.2 Å². The molecule has 2 aromatic heterocycles. The van der Waals surface area contributed by atoms with E-state index in [1.54, 1.807) is 24.3 Å². The second-order valence-electron chi connectivity index (χ2n) is 6.47. The van der Waals surface area contributed by atoms with Gasteiger partial charge < -0.3 is 4.42 Å². The Balaban J connectivity index is 1.68. The fraction of sp³-hybridized carbons (Fsp3) is 0.105. The number of hydrogen-bond acceptors (Lipinski definition) is 6. The van der Waals surface area contributed by atoms with Crippen LogP contribution in [0.3, 0.4) is 0 Å². The molecule has 0 unspecified atom stereocenters. The number of carbonyl (C=O) groups is 1. The summed E-state index contributed by atoms with van der Waals surface area (Å²) in [5.74, 6) is -0.734. The van der Waals surface area contributed by atoms with E-state index in [1.807, 2.05) is 0 Å². The Labute approximate surface area is 171 Å². The number of aromatic nitrogens is 3. The molecule has 4 aromatic rings. The standard InChI is InChI=1S/C19H12F3N5O4/c1-26-13(9-16(25-26)19(20,21)22)11-7-6-10(8-14(11)27(29)30)17(28)24-18-23-12-4-2-3-5-15(12)31-18/h2-9H,1H3,(H,23,24,28). The number of halogens is 3. The smallest absolute Gasteiger partial charge is 0.423 e. The molecule has 31 heavy (non-hydrogen) atoms. The zero-order chi connectivity index (χ0) is 22.3. The number of nitro groups is 1. The van der Waals surface area contributed by atoms with E-state index in [2.05, 4.69) is 15.4 Å². The summed E-state index contributed by atoms with van der Waals surface area (Å²) in [7, 11) is 1.24. The van der Waals surface area contributed by atoms with Crippen LogP contribution in [0.5, 0.6) is 0 Å². The molecular formula is C19H12F3N5O4. The van der Waals surface area contributed by atoms with Crippen LogP contribution in [-0.4, -0.2) is 25.6 Å². The lowest BCUT2D eigenvalue weighted by atomic mass is 10.1. The van der Waals surface area contributed by atoms with Crippen molar-refractivity contribution in [1.29, 1.82) is 0 Å². The van der Waals surface area contributed by atoms with Gasteiger partial charge in [-0.05, 0) is 30.3 Å². The van der Waals surface area contributed by atoms with Crippen molar-refractivity contribution in [3.05, 3.63) is 69.9 Å². The van der Waals surface area contributed by atoms with Gasteiger partial charge in [0, 0.05) is 18.7 Å². The summed E-state index contributed by atoms with van der Waals surface area (Å²) in [5.41, 5.74) is -1.12. The van der Waals surface area contributed by atoms with E-state index in [9.17, 15) is 28.1 Å². The van der Waals surface area contributed by atoms with Crippen LogP contribution in [-0.2, 0) is 13.2 Å². The van der Waals surface area contributed by atoms with Gasteiger partial charge in [-0.25, -0.2) is 0 Å². The monoisotopic (exact) mass is 431 g/mol. The minimum atomic E-state index is -4.70. The average molecular weight is 431 g/mol. The molecule has 4 rings (SSSR count). The molecule has 0 saturated heterocycles. The predicted molar refractivity (Wildman–Crippen MR) is 102 cm³/mol. The molecule has 0 spiro atoms. The average Bonchev–Trinajstić information content (AvgIpc) is 3.30. The van der Waals surface area contributed by atoms with Gasteiger partial charge in [0.25, 0.3) is 11.6 Å². The van der Waals surface area contributed by atoms with Crippen molar-refractivity contribution in [3.8, 4) is 11.3 Å². The summed E-state index contributed by atoms with van der Waals surface area (Å²) in [6, 6.07) is 10.8. The van der Waals surface area contributed by atoms with E-state index < -0.39 is 28.4 Å². The highest BCUT2D eigenvalue weighted by molar-refractivity contribution is 6.04. The van der Waals surface area contributed by atoms with E-state index in [0.717, 1.165) is 10.7 Å². The number of anilines is 1. The third-order valence-corrected chi connectivity index (χ3v) is 4.42. The Morgan fingerprint density at radius 2 is 1.94 bits per heavy atom. The van der Waals surface area contributed by atoms with Crippen molar-refractivity contribution < 1.29 is 27.3 Å². The molecule has 9 nitrogen and oxygen atoms in total. The molecule has 158 valence electrons. The maximum absolute atomic E-state index is 12.9. The fourth-order valence-electron chi connectivity index (χ4n) is 2.99. The molecule has 2 aromatic carbocycles. The number of fused-ring (bicyclic) bond motifs is 1. The Hall–Kier alpha value is -4.22. The van der Waals surface area contributed by atoms with Crippen molar-refractivity contribution >= 4 is 28.7 Å². The molecule has 2 heterocycles. The summed E-state index contributed by atoms with van der Waals surface area (Å²) in [4.78, 5) is 27.4. The lowest BCUT2D eigenvalue weighted by molar-refractivity contribution is -0.384. The topological polar surface area (TPSA) is 116 Å². The highest BCUT2D eigenvalue weighted by Gasteiger charge is 2.35. The maximum atomic E-state index is 12.9. The van der Waals surface area contributed by atoms with Crippen LogP contribution in [0.2, 0.25) is 0 Å². The van der Waals surface area contributed by atoms with Crippen molar-refractivity contribution in [1.82, 2.24) is 14.8 Å². The van der Waals surface area contributed by atoms with E-state index in [1.165, 1.54) is 19.2 Å². The number of nitrogens with one attached hydrogen (secondary N) is 1. The minimum absolute atomic E-state index is 0.0978. The number of aryl methyl sites for hydroxylation is 1. The largest absolute Gasteiger partial charge is 0.435 e. The first-order chi connectivity index (χ1) is 14.6. The number of benzene rings is 2. The lowest BCUT2D eigenvalue weighted by Crippen LogP contribution is -2.12. The number of amides is 1. The van der Waals surface area contributed by atoms with Crippen LogP contribution < -0.4 is 5.32 Å². The molecule has 0 atom stereocenters. The number of hydrogen-bond donors (Lipinski definition) is 1. The second-order valence-corrected chi connectivity index (χ2v) is 6.47. The molecule has 0 fully saturated rings. The zero-order valence-electron chi connectivity index (χ0n) is 15.7. The SMILES string of the molecule is Cn1nc(C(F)(F)F)cc1-c1ccc(C(=O)Nc2nc3ccccc3o2)cc1[N+](=O)[O-]. The number of para-hydroxylation sites is 2. The van der Waals surface area contributed by atoms with Crippen LogP contribution >= 0.6 is 0 Å². The maximum Gasteiger partial charge on any atom is 0.435 e. The molecule has 1 N–H and O–H groups in total. The normalized spacial score (nSPS) is 11.6. The first-order valence-electron chi connectivity index (χ1n) is 8.70. The van der Waals surface area contributed by atoms with Crippen LogP contribution in [0.15, 0.2) is 52.9 Å². The van der Waals surface area contributed by atoms with Crippen LogP contribution in [0.1, 0.15) is 16.1 Å². The predicted octanol–water partition coefficient (Wildman–Crippen LogP) is 4.41. The van der Waals surface area contributed by atoms with Crippen LogP contribution in [0.25, 0.3) is 22.4 Å². The van der Waals surface area contributed by atoms with Gasteiger partial charge in [-0.15, -0.1) is 0 Å².